The van der Waals surface area contributed by atoms with Crippen LogP contribution in [-0.4, -0.2) is 60.7 Å². The van der Waals surface area contributed by atoms with E-state index in [4.69, 9.17) is 4.74 Å². The Morgan fingerprint density at radius 2 is 2.00 bits per heavy atom. The average molecular weight is 341 g/mol. The number of para-hydroxylation sites is 1. The van der Waals surface area contributed by atoms with Crippen LogP contribution >= 0.6 is 0 Å². The molecule has 3 rings (SSSR count). The molecule has 1 fully saturated rings. The summed E-state index contributed by atoms with van der Waals surface area (Å²) >= 11 is 0. The van der Waals surface area contributed by atoms with Crippen molar-refractivity contribution in [1.29, 1.82) is 0 Å². The molecule has 1 atom stereocenters. The first-order valence-corrected chi connectivity index (χ1v) is 8.30. The molecule has 25 heavy (non-hydrogen) atoms. The molecule has 2 heterocycles. The molecule has 1 saturated heterocycles. The van der Waals surface area contributed by atoms with Crippen molar-refractivity contribution in [3.8, 4) is 0 Å². The van der Waals surface area contributed by atoms with E-state index in [9.17, 15) is 4.79 Å². The van der Waals surface area contributed by atoms with Crippen molar-refractivity contribution in [3.05, 3.63) is 48.3 Å². The lowest BCUT2D eigenvalue weighted by molar-refractivity contribution is -0.133. The van der Waals surface area contributed by atoms with Gasteiger partial charge in [0.25, 0.3) is 5.91 Å². The molecule has 1 aromatic heterocycles. The summed E-state index contributed by atoms with van der Waals surface area (Å²) in [7, 11) is 3.82. The predicted octanol–water partition coefficient (Wildman–Crippen LogP) is 1.38. The smallest absolute Gasteiger partial charge is 0.254 e. The molecule has 0 unspecified atom stereocenters. The fourth-order valence-electron chi connectivity index (χ4n) is 2.67. The summed E-state index contributed by atoms with van der Waals surface area (Å²) in [6.07, 6.45) is 3.18. The highest BCUT2D eigenvalue weighted by molar-refractivity contribution is 5.94. The van der Waals surface area contributed by atoms with Crippen LogP contribution < -0.4 is 10.2 Å². The molecule has 7 nitrogen and oxygen atoms in total. The number of carbonyl (C=O) groups excluding carboxylic acids is 1. The molecule has 1 amide bonds. The highest BCUT2D eigenvalue weighted by Crippen LogP contribution is 2.13. The summed E-state index contributed by atoms with van der Waals surface area (Å²) in [5, 5.41) is 2.90. The van der Waals surface area contributed by atoms with E-state index in [1.165, 1.54) is 0 Å². The molecule has 1 aromatic carbocycles. The van der Waals surface area contributed by atoms with E-state index in [1.807, 2.05) is 61.7 Å². The summed E-state index contributed by atoms with van der Waals surface area (Å²) in [6, 6.07) is 9.42. The molecule has 7 heteroatoms. The van der Waals surface area contributed by atoms with Gasteiger partial charge in [0.2, 0.25) is 5.95 Å². The first-order valence-electron chi connectivity index (χ1n) is 8.30. The molecule has 2 aromatic rings. The number of hydrogen-bond acceptors (Lipinski definition) is 6. The summed E-state index contributed by atoms with van der Waals surface area (Å²) in [5.74, 6) is 0.570. The predicted molar refractivity (Wildman–Crippen MR) is 96.4 cm³/mol. The Kier molecular flexibility index (Phi) is 5.57. The van der Waals surface area contributed by atoms with E-state index in [0.717, 1.165) is 17.8 Å². The van der Waals surface area contributed by atoms with Crippen molar-refractivity contribution in [3.63, 3.8) is 0 Å². The van der Waals surface area contributed by atoms with Gasteiger partial charge in [0.05, 0.1) is 6.61 Å². The van der Waals surface area contributed by atoms with Crippen molar-refractivity contribution in [2.45, 2.75) is 12.6 Å². The zero-order chi connectivity index (χ0) is 17.6. The van der Waals surface area contributed by atoms with Gasteiger partial charge in [-0.1, -0.05) is 18.2 Å². The minimum absolute atomic E-state index is 0.116. The minimum Gasteiger partial charge on any atom is -0.366 e. The third-order valence-electron chi connectivity index (χ3n) is 3.98. The Morgan fingerprint density at radius 1 is 1.28 bits per heavy atom. The van der Waals surface area contributed by atoms with Gasteiger partial charge in [0, 0.05) is 57.4 Å². The molecule has 0 bridgehead atoms. The fourth-order valence-corrected chi connectivity index (χ4v) is 2.67. The molecular formula is C18H23N5O2. The summed E-state index contributed by atoms with van der Waals surface area (Å²) < 4.78 is 5.64. The number of carbonyl (C=O) groups is 1. The SMILES string of the molecule is CN(C)c1ncc(CN2CCO[C@H](C(=O)Nc3ccccc3)C2)cn1. The number of hydrogen-bond donors (Lipinski definition) is 1. The molecular weight excluding hydrogens is 318 g/mol. The Labute approximate surface area is 147 Å². The van der Waals surface area contributed by atoms with Crippen LogP contribution in [0, 0.1) is 0 Å². The van der Waals surface area contributed by atoms with Crippen LogP contribution in [0.4, 0.5) is 11.6 Å². The molecule has 1 aliphatic heterocycles. The second-order valence-electron chi connectivity index (χ2n) is 6.24. The second-order valence-corrected chi connectivity index (χ2v) is 6.24. The molecule has 0 saturated carbocycles. The van der Waals surface area contributed by atoms with Gasteiger partial charge >= 0.3 is 0 Å². The molecule has 1 aliphatic rings. The Morgan fingerprint density at radius 3 is 2.68 bits per heavy atom. The third-order valence-corrected chi connectivity index (χ3v) is 3.98. The lowest BCUT2D eigenvalue weighted by Gasteiger charge is -2.32. The number of ether oxygens (including phenoxy) is 1. The van der Waals surface area contributed by atoms with E-state index in [-0.39, 0.29) is 5.91 Å². The Balaban J connectivity index is 1.56. The molecule has 0 spiro atoms. The largest absolute Gasteiger partial charge is 0.366 e. The number of amides is 1. The van der Waals surface area contributed by atoms with Crippen LogP contribution in [-0.2, 0) is 16.1 Å². The van der Waals surface area contributed by atoms with Crippen LogP contribution in [0.1, 0.15) is 5.56 Å². The van der Waals surface area contributed by atoms with Gasteiger partial charge in [-0.25, -0.2) is 9.97 Å². The fraction of sp³-hybridized carbons (Fsp3) is 0.389. The maximum atomic E-state index is 12.4. The van der Waals surface area contributed by atoms with Gasteiger partial charge in [-0.05, 0) is 12.1 Å². The highest BCUT2D eigenvalue weighted by atomic mass is 16.5. The summed E-state index contributed by atoms with van der Waals surface area (Å²) in [4.78, 5) is 25.1. The van der Waals surface area contributed by atoms with Crippen LogP contribution in [0.2, 0.25) is 0 Å². The maximum Gasteiger partial charge on any atom is 0.254 e. The van der Waals surface area contributed by atoms with Crippen molar-refractivity contribution < 1.29 is 9.53 Å². The summed E-state index contributed by atoms with van der Waals surface area (Å²) in [6.45, 7) is 2.56. The Bertz CT molecular complexity index is 690. The highest BCUT2D eigenvalue weighted by Gasteiger charge is 2.26. The lowest BCUT2D eigenvalue weighted by atomic mass is 10.2. The standard InChI is InChI=1S/C18H23N5O2/c1-22(2)18-19-10-14(11-20-18)12-23-8-9-25-16(13-23)17(24)21-15-6-4-3-5-7-15/h3-7,10-11,16H,8-9,12-13H2,1-2H3,(H,21,24)/t16-/m0/s1. The molecule has 1 N–H and O–H groups in total. The number of rotatable bonds is 5. The quantitative estimate of drug-likeness (QED) is 0.886. The normalized spacial score (nSPS) is 17.9. The molecule has 0 aliphatic carbocycles. The van der Waals surface area contributed by atoms with E-state index >= 15 is 0 Å². The van der Waals surface area contributed by atoms with Gasteiger partial charge in [-0.3, -0.25) is 9.69 Å². The van der Waals surface area contributed by atoms with Crippen LogP contribution in [0.5, 0.6) is 0 Å². The van der Waals surface area contributed by atoms with E-state index in [2.05, 4.69) is 20.2 Å². The number of morpholine rings is 1. The number of benzene rings is 1. The van der Waals surface area contributed by atoms with Gasteiger partial charge in [0.1, 0.15) is 6.10 Å². The number of anilines is 2. The third kappa shape index (κ3) is 4.74. The number of nitrogens with zero attached hydrogens (tertiary/aromatic N) is 4. The van der Waals surface area contributed by atoms with Crippen LogP contribution in [0.25, 0.3) is 0 Å². The lowest BCUT2D eigenvalue weighted by Crippen LogP contribution is -2.47. The van der Waals surface area contributed by atoms with E-state index in [1.54, 1.807) is 0 Å². The van der Waals surface area contributed by atoms with Gasteiger partial charge in [0.15, 0.2) is 0 Å². The van der Waals surface area contributed by atoms with Gasteiger partial charge < -0.3 is 15.0 Å². The maximum absolute atomic E-state index is 12.4. The van der Waals surface area contributed by atoms with Crippen molar-refractivity contribution >= 4 is 17.5 Å². The zero-order valence-electron chi connectivity index (χ0n) is 14.6. The minimum atomic E-state index is -0.476. The first-order chi connectivity index (χ1) is 12.1. The van der Waals surface area contributed by atoms with Crippen LogP contribution in [0.3, 0.4) is 0 Å². The van der Waals surface area contributed by atoms with E-state index in [0.29, 0.717) is 25.6 Å². The topological polar surface area (TPSA) is 70.6 Å². The van der Waals surface area contributed by atoms with Crippen molar-refractivity contribution in [1.82, 2.24) is 14.9 Å². The average Bonchev–Trinajstić information content (AvgIpc) is 2.63. The Hall–Kier alpha value is -2.51. The van der Waals surface area contributed by atoms with Gasteiger partial charge in [-0.2, -0.15) is 0 Å². The monoisotopic (exact) mass is 341 g/mol. The van der Waals surface area contributed by atoms with E-state index < -0.39 is 6.10 Å². The summed E-state index contributed by atoms with van der Waals surface area (Å²) in [5.41, 5.74) is 1.80. The first kappa shape index (κ1) is 17.3. The zero-order valence-corrected chi connectivity index (χ0v) is 14.6. The molecule has 132 valence electrons. The van der Waals surface area contributed by atoms with Gasteiger partial charge in [-0.15, -0.1) is 0 Å². The van der Waals surface area contributed by atoms with Crippen molar-refractivity contribution in [2.24, 2.45) is 0 Å². The second kappa shape index (κ2) is 8.04. The number of aromatic nitrogens is 2. The number of nitrogens with one attached hydrogen (secondary N) is 1. The van der Waals surface area contributed by atoms with Crippen LogP contribution in [0.15, 0.2) is 42.7 Å². The van der Waals surface area contributed by atoms with Crippen molar-refractivity contribution in [2.75, 3.05) is 44.0 Å². The molecule has 0 radical (unpaired) electrons.